The van der Waals surface area contributed by atoms with E-state index >= 15 is 0 Å². The average molecular weight is 260 g/mol. The number of rotatable bonds is 4. The van der Waals surface area contributed by atoms with Crippen LogP contribution in [-0.4, -0.2) is 19.8 Å². The van der Waals surface area contributed by atoms with E-state index in [9.17, 15) is 0 Å². The lowest BCUT2D eigenvalue weighted by molar-refractivity contribution is 0.0957. The topological polar surface area (TPSA) is 21.3 Å². The zero-order valence-electron chi connectivity index (χ0n) is 9.75. The summed E-state index contributed by atoms with van der Waals surface area (Å²) in [7, 11) is 2.00. The molecule has 0 radical (unpaired) electrons. The van der Waals surface area contributed by atoms with Crippen LogP contribution in [0.2, 0.25) is 4.34 Å². The highest BCUT2D eigenvalue weighted by atomic mass is 35.5. The predicted octanol–water partition coefficient (Wildman–Crippen LogP) is 3.54. The molecule has 1 aliphatic rings. The van der Waals surface area contributed by atoms with Crippen LogP contribution in [0, 0.1) is 6.92 Å². The van der Waals surface area contributed by atoms with Gasteiger partial charge in [-0.15, -0.1) is 11.3 Å². The fraction of sp³-hybridized carbons (Fsp3) is 0.667. The van der Waals surface area contributed by atoms with E-state index in [0.717, 1.165) is 17.4 Å². The summed E-state index contributed by atoms with van der Waals surface area (Å²) >= 11 is 7.78. The van der Waals surface area contributed by atoms with Gasteiger partial charge in [0.1, 0.15) is 0 Å². The van der Waals surface area contributed by atoms with E-state index in [4.69, 9.17) is 16.3 Å². The Hall–Kier alpha value is -0.0900. The summed E-state index contributed by atoms with van der Waals surface area (Å²) in [5.74, 6) is 0. The van der Waals surface area contributed by atoms with Crippen molar-refractivity contribution in [2.45, 2.75) is 38.3 Å². The smallest absolute Gasteiger partial charge is 0.0960 e. The summed E-state index contributed by atoms with van der Waals surface area (Å²) in [4.78, 5) is 1.32. The first-order chi connectivity index (χ1) is 7.70. The Balaban J connectivity index is 2.03. The maximum atomic E-state index is 6.11. The SMILES string of the molecule is CNC(CC1CCCO1)c1cc(C)c(Cl)s1. The standard InChI is InChI=1S/C12H18ClNOS/c1-8-6-11(16-12(8)13)10(14-2)7-9-4-3-5-15-9/h6,9-10,14H,3-5,7H2,1-2H3. The van der Waals surface area contributed by atoms with Crippen molar-refractivity contribution in [3.05, 3.63) is 20.8 Å². The van der Waals surface area contributed by atoms with Gasteiger partial charge < -0.3 is 10.1 Å². The van der Waals surface area contributed by atoms with Crippen molar-refractivity contribution in [1.82, 2.24) is 5.32 Å². The highest BCUT2D eigenvalue weighted by Gasteiger charge is 2.22. The number of nitrogens with one attached hydrogen (secondary N) is 1. The summed E-state index contributed by atoms with van der Waals surface area (Å²) in [5, 5.41) is 3.36. The third-order valence-electron chi connectivity index (χ3n) is 3.09. The number of thiophene rings is 1. The molecule has 2 unspecified atom stereocenters. The zero-order valence-corrected chi connectivity index (χ0v) is 11.3. The number of halogens is 1. The van der Waals surface area contributed by atoms with Crippen LogP contribution in [0.4, 0.5) is 0 Å². The Kier molecular flexibility index (Phi) is 4.25. The van der Waals surface area contributed by atoms with Crippen molar-refractivity contribution in [1.29, 1.82) is 0 Å². The minimum absolute atomic E-state index is 0.374. The summed E-state index contributed by atoms with van der Waals surface area (Å²) < 4.78 is 6.58. The van der Waals surface area contributed by atoms with Crippen LogP contribution < -0.4 is 5.32 Å². The van der Waals surface area contributed by atoms with Gasteiger partial charge in [-0.2, -0.15) is 0 Å². The zero-order chi connectivity index (χ0) is 11.5. The van der Waals surface area contributed by atoms with Gasteiger partial charge in [-0.3, -0.25) is 0 Å². The molecule has 0 saturated carbocycles. The lowest BCUT2D eigenvalue weighted by Gasteiger charge is -2.18. The van der Waals surface area contributed by atoms with Crippen molar-refractivity contribution >= 4 is 22.9 Å². The number of aryl methyl sites for hydroxylation is 1. The van der Waals surface area contributed by atoms with Crippen LogP contribution in [0.1, 0.15) is 35.7 Å². The van der Waals surface area contributed by atoms with Gasteiger partial charge in [-0.25, -0.2) is 0 Å². The van der Waals surface area contributed by atoms with Crippen molar-refractivity contribution in [2.75, 3.05) is 13.7 Å². The van der Waals surface area contributed by atoms with E-state index < -0.39 is 0 Å². The molecule has 2 rings (SSSR count). The third-order valence-corrected chi connectivity index (χ3v) is 4.76. The Morgan fingerprint density at radius 2 is 2.50 bits per heavy atom. The van der Waals surface area contributed by atoms with Gasteiger partial charge >= 0.3 is 0 Å². The van der Waals surface area contributed by atoms with Crippen molar-refractivity contribution in [3.8, 4) is 0 Å². The van der Waals surface area contributed by atoms with E-state index in [1.807, 2.05) is 7.05 Å². The highest BCUT2D eigenvalue weighted by Crippen LogP contribution is 2.34. The Labute approximate surface area is 106 Å². The molecule has 2 heterocycles. The molecular weight excluding hydrogens is 242 g/mol. The molecule has 0 aliphatic carbocycles. The molecule has 1 aromatic heterocycles. The highest BCUT2D eigenvalue weighted by molar-refractivity contribution is 7.16. The Morgan fingerprint density at radius 3 is 3.00 bits per heavy atom. The number of ether oxygens (including phenoxy) is 1. The molecule has 4 heteroatoms. The maximum Gasteiger partial charge on any atom is 0.0960 e. The second kappa shape index (κ2) is 5.50. The van der Waals surface area contributed by atoms with Crippen LogP contribution in [0.3, 0.4) is 0 Å². The number of hydrogen-bond donors (Lipinski definition) is 1. The van der Waals surface area contributed by atoms with Crippen molar-refractivity contribution < 1.29 is 4.74 Å². The van der Waals surface area contributed by atoms with Gasteiger partial charge in [-0.1, -0.05) is 11.6 Å². The second-order valence-corrected chi connectivity index (χ2v) is 6.00. The van der Waals surface area contributed by atoms with Crippen molar-refractivity contribution in [2.24, 2.45) is 0 Å². The average Bonchev–Trinajstić information content (AvgIpc) is 2.86. The van der Waals surface area contributed by atoms with Gasteiger partial charge in [0.25, 0.3) is 0 Å². The Morgan fingerprint density at radius 1 is 1.69 bits per heavy atom. The molecule has 2 nitrogen and oxygen atoms in total. The van der Waals surface area contributed by atoms with Crippen molar-refractivity contribution in [3.63, 3.8) is 0 Å². The van der Waals surface area contributed by atoms with E-state index in [-0.39, 0.29) is 0 Å². The third kappa shape index (κ3) is 2.77. The van der Waals surface area contributed by atoms with Crippen LogP contribution in [0.5, 0.6) is 0 Å². The molecule has 16 heavy (non-hydrogen) atoms. The Bertz CT molecular complexity index is 327. The molecule has 2 atom stereocenters. The first-order valence-electron chi connectivity index (χ1n) is 5.75. The second-order valence-electron chi connectivity index (χ2n) is 4.32. The van der Waals surface area contributed by atoms with E-state index in [1.54, 1.807) is 11.3 Å². The monoisotopic (exact) mass is 259 g/mol. The van der Waals surface area contributed by atoms with Crippen LogP contribution in [-0.2, 0) is 4.74 Å². The first-order valence-corrected chi connectivity index (χ1v) is 6.95. The van der Waals surface area contributed by atoms with E-state index in [2.05, 4.69) is 18.3 Å². The molecule has 0 bridgehead atoms. The summed E-state index contributed by atoms with van der Waals surface area (Å²) in [6.07, 6.45) is 3.85. The molecule has 1 fully saturated rings. The fourth-order valence-corrected chi connectivity index (χ4v) is 3.47. The minimum atomic E-state index is 0.374. The quantitative estimate of drug-likeness (QED) is 0.893. The van der Waals surface area contributed by atoms with Gasteiger partial charge in [-0.05, 0) is 44.9 Å². The number of hydrogen-bond acceptors (Lipinski definition) is 3. The molecule has 90 valence electrons. The minimum Gasteiger partial charge on any atom is -0.378 e. The predicted molar refractivity (Wildman–Crippen MR) is 69.5 cm³/mol. The largest absolute Gasteiger partial charge is 0.378 e. The maximum absolute atomic E-state index is 6.11. The van der Waals surface area contributed by atoms with Crippen LogP contribution in [0.15, 0.2) is 6.07 Å². The molecule has 1 aliphatic heterocycles. The molecule has 1 aromatic rings. The molecule has 0 spiro atoms. The lowest BCUT2D eigenvalue weighted by atomic mass is 10.1. The van der Waals surface area contributed by atoms with Gasteiger partial charge in [0.05, 0.1) is 10.4 Å². The summed E-state index contributed by atoms with van der Waals surface area (Å²) in [5.41, 5.74) is 1.18. The van der Waals surface area contributed by atoms with E-state index in [0.29, 0.717) is 12.1 Å². The molecular formula is C12H18ClNOS. The lowest BCUT2D eigenvalue weighted by Crippen LogP contribution is -2.21. The summed E-state index contributed by atoms with van der Waals surface area (Å²) in [6.45, 7) is 2.98. The molecule has 1 N–H and O–H groups in total. The molecule has 1 saturated heterocycles. The first kappa shape index (κ1) is 12.4. The molecule has 0 amide bonds. The van der Waals surface area contributed by atoms with Crippen LogP contribution in [0.25, 0.3) is 0 Å². The van der Waals surface area contributed by atoms with Gasteiger partial charge in [0.15, 0.2) is 0 Å². The van der Waals surface area contributed by atoms with Gasteiger partial charge in [0, 0.05) is 17.5 Å². The van der Waals surface area contributed by atoms with E-state index in [1.165, 1.54) is 23.3 Å². The van der Waals surface area contributed by atoms with Gasteiger partial charge in [0.2, 0.25) is 0 Å². The molecule has 0 aromatic carbocycles. The fourth-order valence-electron chi connectivity index (χ4n) is 2.12. The summed E-state index contributed by atoms with van der Waals surface area (Å²) in [6, 6.07) is 2.56. The van der Waals surface area contributed by atoms with Crippen LogP contribution >= 0.6 is 22.9 Å². The normalized spacial score (nSPS) is 22.6.